The number of nitrogens with zero attached hydrogens (tertiary/aromatic N) is 1. The number of benzene rings is 1. The third-order valence-electron chi connectivity index (χ3n) is 3.20. The Balaban J connectivity index is 2.61. The number of fused-ring (bicyclic) bond motifs is 1. The molecular weight excluding hydrogens is 214 g/mol. The Morgan fingerprint density at radius 1 is 1.35 bits per heavy atom. The van der Waals surface area contributed by atoms with Crippen LogP contribution in [0.3, 0.4) is 0 Å². The predicted octanol–water partition coefficient (Wildman–Crippen LogP) is 2.21. The van der Waals surface area contributed by atoms with Crippen molar-refractivity contribution in [1.29, 1.82) is 0 Å². The zero-order chi connectivity index (χ0) is 12.8. The number of hydrogen-bond donors (Lipinski definition) is 2. The third-order valence-corrected chi connectivity index (χ3v) is 3.20. The maximum atomic E-state index is 12.1. The summed E-state index contributed by atoms with van der Waals surface area (Å²) in [6.45, 7) is 8.00. The van der Waals surface area contributed by atoms with Gasteiger partial charge in [0.2, 0.25) is 5.91 Å². The van der Waals surface area contributed by atoms with E-state index in [0.29, 0.717) is 5.69 Å². The number of carbonyl (C=O) groups is 1. The summed E-state index contributed by atoms with van der Waals surface area (Å²) in [6.07, 6.45) is 0. The first kappa shape index (κ1) is 11.8. The van der Waals surface area contributed by atoms with Crippen LogP contribution >= 0.6 is 0 Å². The van der Waals surface area contributed by atoms with Crippen LogP contribution in [-0.4, -0.2) is 17.5 Å². The zero-order valence-corrected chi connectivity index (χ0v) is 10.7. The van der Waals surface area contributed by atoms with Gasteiger partial charge in [-0.3, -0.25) is 4.79 Å². The second-order valence-corrected chi connectivity index (χ2v) is 5.25. The molecular formula is C13H19N3O. The highest BCUT2D eigenvalue weighted by atomic mass is 16.2. The van der Waals surface area contributed by atoms with Gasteiger partial charge in [-0.25, -0.2) is 0 Å². The molecule has 0 radical (unpaired) electrons. The molecule has 0 aromatic heterocycles. The van der Waals surface area contributed by atoms with Crippen molar-refractivity contribution in [1.82, 2.24) is 0 Å². The van der Waals surface area contributed by atoms with Gasteiger partial charge in [0.05, 0.1) is 11.4 Å². The van der Waals surface area contributed by atoms with E-state index < -0.39 is 5.54 Å². The van der Waals surface area contributed by atoms with Crippen molar-refractivity contribution < 1.29 is 4.79 Å². The number of amides is 1. The highest BCUT2D eigenvalue weighted by Crippen LogP contribution is 2.39. The van der Waals surface area contributed by atoms with E-state index in [9.17, 15) is 4.79 Å². The number of hydrogen-bond acceptors (Lipinski definition) is 3. The Bertz CT molecular complexity index is 466. The molecule has 1 aromatic rings. The van der Waals surface area contributed by atoms with Crippen molar-refractivity contribution in [2.24, 2.45) is 0 Å². The zero-order valence-electron chi connectivity index (χ0n) is 10.7. The van der Waals surface area contributed by atoms with Crippen LogP contribution < -0.4 is 16.0 Å². The third kappa shape index (κ3) is 1.73. The van der Waals surface area contributed by atoms with Crippen LogP contribution in [0.25, 0.3) is 0 Å². The molecule has 17 heavy (non-hydrogen) atoms. The van der Waals surface area contributed by atoms with Gasteiger partial charge < -0.3 is 16.0 Å². The topological polar surface area (TPSA) is 58.4 Å². The van der Waals surface area contributed by atoms with Gasteiger partial charge in [0, 0.05) is 11.7 Å². The van der Waals surface area contributed by atoms with Gasteiger partial charge in [0.1, 0.15) is 5.54 Å². The van der Waals surface area contributed by atoms with Crippen molar-refractivity contribution in [2.45, 2.75) is 39.3 Å². The van der Waals surface area contributed by atoms with E-state index in [2.05, 4.69) is 24.1 Å². The molecule has 4 nitrogen and oxygen atoms in total. The molecule has 0 spiro atoms. The minimum absolute atomic E-state index is 0.0171. The van der Waals surface area contributed by atoms with E-state index in [4.69, 9.17) is 5.73 Å². The van der Waals surface area contributed by atoms with Crippen LogP contribution in [0.4, 0.5) is 17.1 Å². The average molecular weight is 233 g/mol. The summed E-state index contributed by atoms with van der Waals surface area (Å²) in [4.78, 5) is 14.2. The summed E-state index contributed by atoms with van der Waals surface area (Å²) in [5.74, 6) is 0.0171. The van der Waals surface area contributed by atoms with Gasteiger partial charge in [0.25, 0.3) is 0 Å². The second kappa shape index (κ2) is 3.65. The molecule has 1 aromatic carbocycles. The highest BCUT2D eigenvalue weighted by Gasteiger charge is 2.41. The van der Waals surface area contributed by atoms with Crippen LogP contribution in [0, 0.1) is 0 Å². The number of nitrogen functional groups attached to an aromatic ring is 1. The molecule has 92 valence electrons. The molecule has 1 heterocycles. The van der Waals surface area contributed by atoms with Crippen molar-refractivity contribution in [3.63, 3.8) is 0 Å². The van der Waals surface area contributed by atoms with E-state index in [1.165, 1.54) is 0 Å². The molecule has 0 bridgehead atoms. The number of nitrogens with one attached hydrogen (secondary N) is 1. The van der Waals surface area contributed by atoms with Gasteiger partial charge in [-0.1, -0.05) is 0 Å². The van der Waals surface area contributed by atoms with E-state index in [1.54, 1.807) is 6.07 Å². The van der Waals surface area contributed by atoms with Crippen LogP contribution in [0.15, 0.2) is 18.2 Å². The summed E-state index contributed by atoms with van der Waals surface area (Å²) < 4.78 is 0. The minimum Gasteiger partial charge on any atom is -0.399 e. The number of anilines is 3. The molecule has 0 atom stereocenters. The van der Waals surface area contributed by atoms with Gasteiger partial charge in [-0.2, -0.15) is 0 Å². The summed E-state index contributed by atoms with van der Waals surface area (Å²) >= 11 is 0. The molecule has 0 unspecified atom stereocenters. The molecule has 3 N–H and O–H groups in total. The Morgan fingerprint density at radius 2 is 2.00 bits per heavy atom. The first-order valence-electron chi connectivity index (χ1n) is 5.84. The number of carbonyl (C=O) groups excluding carboxylic acids is 1. The number of nitrogens with two attached hydrogens (primary N) is 1. The second-order valence-electron chi connectivity index (χ2n) is 5.25. The minimum atomic E-state index is -0.561. The molecule has 4 heteroatoms. The molecule has 0 saturated heterocycles. The summed E-state index contributed by atoms with van der Waals surface area (Å²) in [5, 5.41) is 2.93. The lowest BCUT2D eigenvalue weighted by Crippen LogP contribution is -2.58. The number of rotatable bonds is 1. The normalized spacial score (nSPS) is 17.9. The molecule has 2 rings (SSSR count). The van der Waals surface area contributed by atoms with Gasteiger partial charge in [-0.15, -0.1) is 0 Å². The lowest BCUT2D eigenvalue weighted by atomic mass is 9.94. The molecule has 0 saturated carbocycles. The monoisotopic (exact) mass is 233 g/mol. The molecule has 0 fully saturated rings. The molecule has 0 aliphatic carbocycles. The average Bonchev–Trinajstić information content (AvgIpc) is 2.19. The van der Waals surface area contributed by atoms with Crippen LogP contribution in [0.1, 0.15) is 27.7 Å². The summed E-state index contributed by atoms with van der Waals surface area (Å²) in [7, 11) is 0. The van der Waals surface area contributed by atoms with E-state index in [1.807, 2.05) is 26.0 Å². The van der Waals surface area contributed by atoms with Crippen molar-refractivity contribution in [3.05, 3.63) is 18.2 Å². The smallest absolute Gasteiger partial charge is 0.249 e. The maximum absolute atomic E-state index is 12.1. The standard InChI is InChI=1S/C13H19N3O/c1-8(2)16-11-7-9(14)5-6-10(11)15-12(17)13(16,3)4/h5-8H,14H2,1-4H3,(H,15,17). The van der Waals surface area contributed by atoms with Crippen LogP contribution in [0.2, 0.25) is 0 Å². The summed E-state index contributed by atoms with van der Waals surface area (Å²) in [5.41, 5.74) is 7.80. The van der Waals surface area contributed by atoms with Gasteiger partial charge in [-0.05, 0) is 45.9 Å². The maximum Gasteiger partial charge on any atom is 0.249 e. The fraction of sp³-hybridized carbons (Fsp3) is 0.462. The highest BCUT2D eigenvalue weighted by molar-refractivity contribution is 6.06. The SMILES string of the molecule is CC(C)N1c2cc(N)ccc2NC(=O)C1(C)C. The predicted molar refractivity (Wildman–Crippen MR) is 71.2 cm³/mol. The van der Waals surface area contributed by atoms with E-state index in [-0.39, 0.29) is 11.9 Å². The quantitative estimate of drug-likeness (QED) is 0.731. The summed E-state index contributed by atoms with van der Waals surface area (Å²) in [6, 6.07) is 5.80. The Kier molecular flexibility index (Phi) is 2.53. The van der Waals surface area contributed by atoms with Crippen LogP contribution in [-0.2, 0) is 4.79 Å². The Labute approximate surface area is 102 Å². The molecule has 1 amide bonds. The first-order valence-corrected chi connectivity index (χ1v) is 5.84. The fourth-order valence-electron chi connectivity index (χ4n) is 2.46. The van der Waals surface area contributed by atoms with Crippen molar-refractivity contribution in [3.8, 4) is 0 Å². The van der Waals surface area contributed by atoms with Crippen molar-refractivity contribution >= 4 is 23.0 Å². The lowest BCUT2D eigenvalue weighted by molar-refractivity contribution is -0.120. The van der Waals surface area contributed by atoms with Crippen LogP contribution in [0.5, 0.6) is 0 Å². The van der Waals surface area contributed by atoms with E-state index >= 15 is 0 Å². The van der Waals surface area contributed by atoms with E-state index in [0.717, 1.165) is 11.4 Å². The Morgan fingerprint density at radius 3 is 2.59 bits per heavy atom. The lowest BCUT2D eigenvalue weighted by Gasteiger charge is -2.46. The fourth-order valence-corrected chi connectivity index (χ4v) is 2.46. The van der Waals surface area contributed by atoms with Crippen molar-refractivity contribution in [2.75, 3.05) is 16.0 Å². The molecule has 1 aliphatic rings. The first-order chi connectivity index (χ1) is 7.84. The van der Waals surface area contributed by atoms with Gasteiger partial charge in [0.15, 0.2) is 0 Å². The Hall–Kier alpha value is -1.71. The molecule has 1 aliphatic heterocycles. The largest absolute Gasteiger partial charge is 0.399 e. The van der Waals surface area contributed by atoms with Gasteiger partial charge >= 0.3 is 0 Å².